The normalized spacial score (nSPS) is 20.6. The molecule has 0 amide bonds. The van der Waals surface area contributed by atoms with Crippen LogP contribution in [-0.4, -0.2) is 34.9 Å². The van der Waals surface area contributed by atoms with Gasteiger partial charge in [-0.15, -0.1) is 0 Å². The van der Waals surface area contributed by atoms with Crippen molar-refractivity contribution in [1.82, 2.24) is 9.97 Å². The highest BCUT2D eigenvalue weighted by atomic mass is 16.5. The first-order valence-electron chi connectivity index (χ1n) is 6.81. The highest BCUT2D eigenvalue weighted by molar-refractivity contribution is 5.22. The van der Waals surface area contributed by atoms with E-state index in [1.54, 1.807) is 19.5 Å². The average Bonchev–Trinajstić information content (AvgIpc) is 2.72. The van der Waals surface area contributed by atoms with Gasteiger partial charge in [0.25, 0.3) is 0 Å². The fraction of sp³-hybridized carbons (Fsp3) is 0.714. The molecule has 1 fully saturated rings. The predicted molar refractivity (Wildman–Crippen MR) is 71.0 cm³/mol. The molecule has 1 aromatic heterocycles. The largest absolute Gasteiger partial charge is 0.480 e. The lowest BCUT2D eigenvalue weighted by Gasteiger charge is -2.35. The first kappa shape index (κ1) is 14.2. The lowest BCUT2D eigenvalue weighted by Crippen LogP contribution is -2.38. The van der Waals surface area contributed by atoms with Gasteiger partial charge in [0.05, 0.1) is 12.7 Å². The second-order valence-electron chi connectivity index (χ2n) is 5.04. The summed E-state index contributed by atoms with van der Waals surface area (Å²) in [5, 5.41) is 10.7. The molecule has 1 aromatic rings. The Hall–Kier alpha value is -1.20. The van der Waals surface area contributed by atoms with Gasteiger partial charge in [0, 0.05) is 19.5 Å². The Balaban J connectivity index is 2.31. The molecule has 0 spiro atoms. The first-order chi connectivity index (χ1) is 9.23. The number of aliphatic hydroxyl groups excluding tert-OH is 1. The minimum Gasteiger partial charge on any atom is -0.480 e. The van der Waals surface area contributed by atoms with Crippen molar-refractivity contribution in [3.05, 3.63) is 18.1 Å². The van der Waals surface area contributed by atoms with Gasteiger partial charge in [-0.05, 0) is 12.8 Å². The van der Waals surface area contributed by atoms with Crippen LogP contribution in [0.15, 0.2) is 12.4 Å². The van der Waals surface area contributed by atoms with E-state index in [9.17, 15) is 5.11 Å². The summed E-state index contributed by atoms with van der Waals surface area (Å²) in [7, 11) is 3.20. The van der Waals surface area contributed by atoms with Gasteiger partial charge in [-0.2, -0.15) is 0 Å². The van der Waals surface area contributed by atoms with Crippen molar-refractivity contribution in [2.75, 3.05) is 14.2 Å². The zero-order valence-electron chi connectivity index (χ0n) is 11.6. The summed E-state index contributed by atoms with van der Waals surface area (Å²) in [6, 6.07) is 0. The molecule has 1 aliphatic carbocycles. The Kier molecular flexibility index (Phi) is 4.71. The minimum atomic E-state index is -0.806. The molecule has 0 aliphatic heterocycles. The van der Waals surface area contributed by atoms with Crippen LogP contribution in [-0.2, 0) is 4.74 Å². The van der Waals surface area contributed by atoms with Crippen LogP contribution in [0.1, 0.15) is 50.3 Å². The van der Waals surface area contributed by atoms with E-state index in [-0.39, 0.29) is 0 Å². The lowest BCUT2D eigenvalue weighted by molar-refractivity contribution is -0.116. The second-order valence-corrected chi connectivity index (χ2v) is 5.04. The van der Waals surface area contributed by atoms with Gasteiger partial charge in [-0.3, -0.25) is 4.98 Å². The standard InChI is InChI=1S/C14H22N2O3/c1-18-13-11(15-9-10-16-13)12(17)14(19-2)7-5-3-4-6-8-14/h9-10,12,17H,3-8H2,1-2H3. The molecule has 0 saturated heterocycles. The Morgan fingerprint density at radius 3 is 2.32 bits per heavy atom. The number of nitrogens with zero attached hydrogens (tertiary/aromatic N) is 2. The Morgan fingerprint density at radius 1 is 1.11 bits per heavy atom. The molecule has 0 aromatic carbocycles. The monoisotopic (exact) mass is 266 g/mol. The molecule has 0 bridgehead atoms. The molecule has 1 aliphatic rings. The highest BCUT2D eigenvalue weighted by Gasteiger charge is 2.41. The van der Waals surface area contributed by atoms with Gasteiger partial charge in [-0.1, -0.05) is 25.7 Å². The van der Waals surface area contributed by atoms with Gasteiger partial charge < -0.3 is 14.6 Å². The van der Waals surface area contributed by atoms with Crippen molar-refractivity contribution in [3.63, 3.8) is 0 Å². The van der Waals surface area contributed by atoms with Crippen molar-refractivity contribution in [1.29, 1.82) is 0 Å². The number of aliphatic hydroxyl groups is 1. The Labute approximate surface area is 114 Å². The van der Waals surface area contributed by atoms with E-state index in [2.05, 4.69) is 9.97 Å². The maximum Gasteiger partial charge on any atom is 0.238 e. The molecule has 0 radical (unpaired) electrons. The number of hydrogen-bond donors (Lipinski definition) is 1. The average molecular weight is 266 g/mol. The van der Waals surface area contributed by atoms with Gasteiger partial charge in [0.2, 0.25) is 5.88 Å². The second kappa shape index (κ2) is 6.30. The number of methoxy groups -OCH3 is 2. The summed E-state index contributed by atoms with van der Waals surface area (Å²) >= 11 is 0. The van der Waals surface area contributed by atoms with Gasteiger partial charge >= 0.3 is 0 Å². The zero-order chi connectivity index (χ0) is 13.7. The van der Waals surface area contributed by atoms with Crippen LogP contribution in [0, 0.1) is 0 Å². The quantitative estimate of drug-likeness (QED) is 0.847. The number of ether oxygens (including phenoxy) is 2. The highest BCUT2D eigenvalue weighted by Crippen LogP contribution is 2.41. The van der Waals surface area contributed by atoms with Crippen LogP contribution in [0.3, 0.4) is 0 Å². The summed E-state index contributed by atoms with van der Waals surface area (Å²) in [5.74, 6) is 0.371. The summed E-state index contributed by atoms with van der Waals surface area (Å²) in [6.07, 6.45) is 8.50. The van der Waals surface area contributed by atoms with Crippen molar-refractivity contribution in [3.8, 4) is 5.88 Å². The Bertz CT molecular complexity index is 403. The van der Waals surface area contributed by atoms with Crippen LogP contribution in [0.4, 0.5) is 0 Å². The van der Waals surface area contributed by atoms with Crippen molar-refractivity contribution in [2.24, 2.45) is 0 Å². The van der Waals surface area contributed by atoms with E-state index in [1.165, 1.54) is 20.0 Å². The maximum absolute atomic E-state index is 10.7. The summed E-state index contributed by atoms with van der Waals surface area (Å²) in [5.41, 5.74) is -0.103. The zero-order valence-corrected chi connectivity index (χ0v) is 11.6. The fourth-order valence-electron chi connectivity index (χ4n) is 2.85. The molecule has 1 unspecified atom stereocenters. The van der Waals surface area contributed by atoms with Crippen LogP contribution in [0.2, 0.25) is 0 Å². The predicted octanol–water partition coefficient (Wildman–Crippen LogP) is 2.26. The van der Waals surface area contributed by atoms with Crippen LogP contribution in [0.5, 0.6) is 5.88 Å². The van der Waals surface area contributed by atoms with Crippen LogP contribution < -0.4 is 4.74 Å². The fourth-order valence-corrected chi connectivity index (χ4v) is 2.85. The first-order valence-corrected chi connectivity index (χ1v) is 6.81. The molecular formula is C14H22N2O3. The summed E-state index contributed by atoms with van der Waals surface area (Å²) in [6.45, 7) is 0. The van der Waals surface area contributed by atoms with E-state index in [0.29, 0.717) is 11.6 Å². The smallest absolute Gasteiger partial charge is 0.238 e. The van der Waals surface area contributed by atoms with Crippen LogP contribution >= 0.6 is 0 Å². The van der Waals surface area contributed by atoms with Crippen molar-refractivity contribution >= 4 is 0 Å². The lowest BCUT2D eigenvalue weighted by atomic mass is 9.86. The third kappa shape index (κ3) is 2.87. The molecule has 1 saturated carbocycles. The van der Waals surface area contributed by atoms with Gasteiger partial charge in [-0.25, -0.2) is 4.98 Å². The Morgan fingerprint density at radius 2 is 1.74 bits per heavy atom. The van der Waals surface area contributed by atoms with E-state index < -0.39 is 11.7 Å². The molecular weight excluding hydrogens is 244 g/mol. The molecule has 19 heavy (non-hydrogen) atoms. The number of rotatable bonds is 4. The number of aromatic nitrogens is 2. The van der Waals surface area contributed by atoms with Crippen LogP contribution in [0.25, 0.3) is 0 Å². The van der Waals surface area contributed by atoms with Crippen molar-refractivity contribution in [2.45, 2.75) is 50.2 Å². The molecule has 1 atom stereocenters. The third-order valence-corrected chi connectivity index (χ3v) is 4.00. The molecule has 5 nitrogen and oxygen atoms in total. The van der Waals surface area contributed by atoms with E-state index in [4.69, 9.17) is 9.47 Å². The van der Waals surface area contributed by atoms with E-state index in [0.717, 1.165) is 25.7 Å². The summed E-state index contributed by atoms with van der Waals surface area (Å²) in [4.78, 5) is 8.33. The van der Waals surface area contributed by atoms with E-state index >= 15 is 0 Å². The summed E-state index contributed by atoms with van der Waals surface area (Å²) < 4.78 is 10.9. The molecule has 106 valence electrons. The third-order valence-electron chi connectivity index (χ3n) is 4.00. The number of hydrogen-bond acceptors (Lipinski definition) is 5. The topological polar surface area (TPSA) is 64.5 Å². The van der Waals surface area contributed by atoms with Gasteiger partial charge in [0.1, 0.15) is 11.8 Å². The van der Waals surface area contributed by atoms with E-state index in [1.807, 2.05) is 0 Å². The maximum atomic E-state index is 10.7. The van der Waals surface area contributed by atoms with Crippen molar-refractivity contribution < 1.29 is 14.6 Å². The molecule has 5 heteroatoms. The SMILES string of the molecule is COc1nccnc1C(O)C1(OC)CCCCCC1. The molecule has 1 N–H and O–H groups in total. The molecule has 1 heterocycles. The van der Waals surface area contributed by atoms with Gasteiger partial charge in [0.15, 0.2) is 0 Å². The molecule has 2 rings (SSSR count). The minimum absolute atomic E-state index is 0.371.